The summed E-state index contributed by atoms with van der Waals surface area (Å²) in [6, 6.07) is 2.51. The van der Waals surface area contributed by atoms with E-state index in [1.165, 1.54) is 13.0 Å². The van der Waals surface area contributed by atoms with E-state index in [0.29, 0.717) is 0 Å². The molecular weight excluding hydrogens is 224 g/mol. The molecule has 1 rings (SSSR count). The fraction of sp³-hybridized carbons (Fsp3) is 0.250. The lowest BCUT2D eigenvalue weighted by Gasteiger charge is -2.09. The van der Waals surface area contributed by atoms with Crippen LogP contribution in [-0.2, 0) is 0 Å². The first-order chi connectivity index (χ1) is 7.90. The van der Waals surface area contributed by atoms with Crippen LogP contribution in [0.15, 0.2) is 12.1 Å². The van der Waals surface area contributed by atoms with Gasteiger partial charge in [-0.15, -0.1) is 0 Å². The summed E-state index contributed by atoms with van der Waals surface area (Å²) in [5.41, 5.74) is -0.168. The number of hydrogen-bond acceptors (Lipinski definition) is 3. The van der Waals surface area contributed by atoms with Crippen LogP contribution in [0, 0.1) is 6.92 Å². The number of aromatic carboxylic acids is 2. The van der Waals surface area contributed by atoms with E-state index < -0.39 is 11.9 Å². The van der Waals surface area contributed by atoms with Crippen molar-refractivity contribution < 1.29 is 24.6 Å². The zero-order chi connectivity index (χ0) is 13.2. The van der Waals surface area contributed by atoms with Crippen LogP contribution in [0.1, 0.15) is 50.0 Å². The highest BCUT2D eigenvalue weighted by Crippen LogP contribution is 2.20. The summed E-state index contributed by atoms with van der Waals surface area (Å²) in [6.07, 6.45) is 0.242. The third-order valence-corrected chi connectivity index (χ3v) is 2.53. The standard InChI is InChI=1S/C12H12O5/c1-3-9(13)7-4-5-8(11(14)15)10(6(7)2)12(16)17/h4-5H,3H2,1-2H3,(H,14,15)(H,16,17). The van der Waals surface area contributed by atoms with Crippen molar-refractivity contribution >= 4 is 17.7 Å². The number of carboxylic acids is 2. The molecule has 0 aliphatic carbocycles. The first-order valence-corrected chi connectivity index (χ1v) is 5.03. The minimum atomic E-state index is -1.34. The zero-order valence-corrected chi connectivity index (χ0v) is 9.48. The monoisotopic (exact) mass is 236 g/mol. The highest BCUT2D eigenvalue weighted by Gasteiger charge is 2.22. The topological polar surface area (TPSA) is 91.7 Å². The Kier molecular flexibility index (Phi) is 3.62. The second-order valence-corrected chi connectivity index (χ2v) is 3.55. The van der Waals surface area contributed by atoms with Crippen molar-refractivity contribution in [3.05, 3.63) is 34.4 Å². The van der Waals surface area contributed by atoms with E-state index in [-0.39, 0.29) is 34.5 Å². The number of benzene rings is 1. The second-order valence-electron chi connectivity index (χ2n) is 3.55. The first-order valence-electron chi connectivity index (χ1n) is 5.03. The third-order valence-electron chi connectivity index (χ3n) is 2.53. The number of carbonyl (C=O) groups is 3. The van der Waals surface area contributed by atoms with E-state index in [4.69, 9.17) is 10.2 Å². The van der Waals surface area contributed by atoms with Gasteiger partial charge in [0, 0.05) is 12.0 Å². The Balaban J connectivity index is 3.55. The molecule has 5 heteroatoms. The Morgan fingerprint density at radius 1 is 1.06 bits per heavy atom. The summed E-state index contributed by atoms with van der Waals surface area (Å²) >= 11 is 0. The number of ketones is 1. The van der Waals surface area contributed by atoms with Crippen LogP contribution in [0.25, 0.3) is 0 Å². The molecule has 1 aromatic carbocycles. The van der Waals surface area contributed by atoms with Crippen molar-refractivity contribution in [3.63, 3.8) is 0 Å². The SMILES string of the molecule is CCC(=O)c1ccc(C(=O)O)c(C(=O)O)c1C. The molecule has 0 aromatic heterocycles. The molecule has 0 atom stereocenters. The molecule has 0 amide bonds. The quantitative estimate of drug-likeness (QED) is 0.780. The smallest absolute Gasteiger partial charge is 0.336 e. The Morgan fingerprint density at radius 2 is 1.59 bits per heavy atom. The van der Waals surface area contributed by atoms with Crippen molar-refractivity contribution in [1.82, 2.24) is 0 Å². The minimum Gasteiger partial charge on any atom is -0.478 e. The van der Waals surface area contributed by atoms with E-state index in [1.807, 2.05) is 0 Å². The van der Waals surface area contributed by atoms with E-state index in [1.54, 1.807) is 6.92 Å². The molecule has 0 aliphatic heterocycles. The first kappa shape index (κ1) is 12.9. The van der Waals surface area contributed by atoms with Crippen LogP contribution >= 0.6 is 0 Å². The maximum atomic E-state index is 11.5. The van der Waals surface area contributed by atoms with Gasteiger partial charge in [0.15, 0.2) is 5.78 Å². The maximum Gasteiger partial charge on any atom is 0.336 e. The molecule has 0 saturated heterocycles. The Bertz CT molecular complexity index is 502. The lowest BCUT2D eigenvalue weighted by Crippen LogP contribution is -2.13. The molecule has 0 saturated carbocycles. The molecule has 1 aromatic rings. The summed E-state index contributed by atoms with van der Waals surface area (Å²) in [5.74, 6) is -2.87. The van der Waals surface area contributed by atoms with Crippen LogP contribution in [0.2, 0.25) is 0 Å². The molecule has 0 bridgehead atoms. The van der Waals surface area contributed by atoms with Gasteiger partial charge in [0.05, 0.1) is 11.1 Å². The minimum absolute atomic E-state index is 0.198. The molecule has 0 unspecified atom stereocenters. The normalized spacial score (nSPS) is 10.0. The third kappa shape index (κ3) is 2.33. The van der Waals surface area contributed by atoms with Gasteiger partial charge in [0.25, 0.3) is 0 Å². The Hall–Kier alpha value is -2.17. The summed E-state index contributed by atoms with van der Waals surface area (Å²) in [7, 11) is 0. The van der Waals surface area contributed by atoms with Gasteiger partial charge in [-0.3, -0.25) is 4.79 Å². The molecular formula is C12H12O5. The molecule has 2 N–H and O–H groups in total. The highest BCUT2D eigenvalue weighted by atomic mass is 16.4. The largest absolute Gasteiger partial charge is 0.478 e. The van der Waals surface area contributed by atoms with Crippen molar-refractivity contribution in [2.45, 2.75) is 20.3 Å². The summed E-state index contributed by atoms with van der Waals surface area (Å²) < 4.78 is 0. The molecule has 90 valence electrons. The zero-order valence-electron chi connectivity index (χ0n) is 9.48. The average Bonchev–Trinajstić information content (AvgIpc) is 2.26. The summed E-state index contributed by atoms with van der Waals surface area (Å²) in [5, 5.41) is 17.9. The fourth-order valence-electron chi connectivity index (χ4n) is 1.66. The number of carboxylic acid groups (broad SMARTS) is 2. The average molecular weight is 236 g/mol. The maximum absolute atomic E-state index is 11.5. The predicted molar refractivity (Wildman–Crippen MR) is 59.7 cm³/mol. The van der Waals surface area contributed by atoms with Gasteiger partial charge in [0.2, 0.25) is 0 Å². The molecule has 0 aliphatic rings. The Morgan fingerprint density at radius 3 is 2.00 bits per heavy atom. The summed E-state index contributed by atoms with van der Waals surface area (Å²) in [4.78, 5) is 33.5. The lowest BCUT2D eigenvalue weighted by molar-refractivity contribution is 0.0650. The van der Waals surface area contributed by atoms with Crippen LogP contribution in [-0.4, -0.2) is 27.9 Å². The van der Waals surface area contributed by atoms with Crippen molar-refractivity contribution in [2.75, 3.05) is 0 Å². The van der Waals surface area contributed by atoms with Crippen LogP contribution in [0.5, 0.6) is 0 Å². The van der Waals surface area contributed by atoms with Gasteiger partial charge < -0.3 is 10.2 Å². The number of Topliss-reactive ketones (excluding diaryl/α,β-unsaturated/α-hetero) is 1. The van der Waals surface area contributed by atoms with Crippen molar-refractivity contribution in [2.24, 2.45) is 0 Å². The van der Waals surface area contributed by atoms with Crippen LogP contribution in [0.4, 0.5) is 0 Å². The van der Waals surface area contributed by atoms with Gasteiger partial charge in [-0.1, -0.05) is 13.0 Å². The van der Waals surface area contributed by atoms with Crippen LogP contribution in [0.3, 0.4) is 0 Å². The van der Waals surface area contributed by atoms with Gasteiger partial charge in [0.1, 0.15) is 0 Å². The molecule has 0 spiro atoms. The van der Waals surface area contributed by atoms with E-state index in [9.17, 15) is 14.4 Å². The Labute approximate surface area is 97.7 Å². The number of carbonyl (C=O) groups excluding carboxylic acids is 1. The van der Waals surface area contributed by atoms with E-state index in [0.717, 1.165) is 6.07 Å². The predicted octanol–water partition coefficient (Wildman–Crippen LogP) is 1.98. The van der Waals surface area contributed by atoms with Gasteiger partial charge in [-0.25, -0.2) is 9.59 Å². The number of hydrogen-bond donors (Lipinski definition) is 2. The van der Waals surface area contributed by atoms with Gasteiger partial charge in [-0.05, 0) is 18.6 Å². The lowest BCUT2D eigenvalue weighted by atomic mass is 9.94. The van der Waals surface area contributed by atoms with Crippen molar-refractivity contribution in [1.29, 1.82) is 0 Å². The molecule has 5 nitrogen and oxygen atoms in total. The molecule has 0 radical (unpaired) electrons. The van der Waals surface area contributed by atoms with Crippen molar-refractivity contribution in [3.8, 4) is 0 Å². The van der Waals surface area contributed by atoms with Gasteiger partial charge >= 0.3 is 11.9 Å². The summed E-state index contributed by atoms with van der Waals surface area (Å²) in [6.45, 7) is 3.10. The van der Waals surface area contributed by atoms with E-state index in [2.05, 4.69) is 0 Å². The van der Waals surface area contributed by atoms with Crippen LogP contribution < -0.4 is 0 Å². The second kappa shape index (κ2) is 4.78. The molecule has 0 fully saturated rings. The fourth-order valence-corrected chi connectivity index (χ4v) is 1.66. The molecule has 17 heavy (non-hydrogen) atoms. The number of rotatable bonds is 4. The molecule has 0 heterocycles. The van der Waals surface area contributed by atoms with Gasteiger partial charge in [-0.2, -0.15) is 0 Å². The van der Waals surface area contributed by atoms with E-state index >= 15 is 0 Å². The highest BCUT2D eigenvalue weighted by molar-refractivity contribution is 6.07.